The summed E-state index contributed by atoms with van der Waals surface area (Å²) in [6.45, 7) is 3.87. The van der Waals surface area contributed by atoms with Crippen LogP contribution >= 0.6 is 0 Å². The van der Waals surface area contributed by atoms with E-state index in [1.54, 1.807) is 24.3 Å². The van der Waals surface area contributed by atoms with Crippen LogP contribution in [-0.2, 0) is 6.42 Å². The van der Waals surface area contributed by atoms with Crippen molar-refractivity contribution in [3.8, 4) is 11.6 Å². The van der Waals surface area contributed by atoms with E-state index in [0.717, 1.165) is 12.0 Å². The Hall–Kier alpha value is -3.76. The van der Waals surface area contributed by atoms with E-state index in [-0.39, 0.29) is 23.1 Å². The summed E-state index contributed by atoms with van der Waals surface area (Å²) in [6.07, 6.45) is 1.85. The van der Waals surface area contributed by atoms with Crippen LogP contribution in [0.3, 0.4) is 0 Å². The molecule has 28 heavy (non-hydrogen) atoms. The first-order chi connectivity index (χ1) is 13.5. The number of phenolic OH excluding ortho intramolecular Hbond substituents is 1. The summed E-state index contributed by atoms with van der Waals surface area (Å²) >= 11 is 0. The van der Waals surface area contributed by atoms with Gasteiger partial charge in [0.1, 0.15) is 5.75 Å². The number of nitrogens with two attached hydrogens (primary N) is 1. The summed E-state index contributed by atoms with van der Waals surface area (Å²) < 4.78 is 5.94. The van der Waals surface area contributed by atoms with Crippen LogP contribution in [0.4, 0.5) is 5.82 Å². The molecule has 1 amide bonds. The minimum absolute atomic E-state index is 0.0489. The number of nitrogen functional groups attached to an aromatic ring is 1. The van der Waals surface area contributed by atoms with Crippen molar-refractivity contribution in [1.82, 2.24) is 30.7 Å². The second kappa shape index (κ2) is 8.29. The van der Waals surface area contributed by atoms with Gasteiger partial charge in [0.05, 0.1) is 11.4 Å². The summed E-state index contributed by atoms with van der Waals surface area (Å²) in [5, 5.41) is 28.7. The molecule has 4 N–H and O–H groups in total. The third-order valence-electron chi connectivity index (χ3n) is 3.99. The number of anilines is 1. The molecule has 0 aliphatic carbocycles. The lowest BCUT2D eigenvalue weighted by atomic mass is 10.1. The second-order valence-electron chi connectivity index (χ2n) is 5.92. The number of nitrogens with one attached hydrogen (secondary N) is 1. The molecule has 11 nitrogen and oxygen atoms in total. The lowest BCUT2D eigenvalue weighted by Gasteiger charge is -2.06. The Morgan fingerprint density at radius 2 is 2.04 bits per heavy atom. The predicted octanol–water partition coefficient (Wildman–Crippen LogP) is 1.43. The summed E-state index contributed by atoms with van der Waals surface area (Å²) in [6, 6.07) is 6.57. The molecule has 146 valence electrons. The van der Waals surface area contributed by atoms with Crippen LogP contribution in [0.1, 0.15) is 48.4 Å². The van der Waals surface area contributed by atoms with Crippen molar-refractivity contribution in [3.63, 3.8) is 0 Å². The number of benzene rings is 1. The molecule has 0 spiro atoms. The molecule has 0 aliphatic heterocycles. The minimum atomic E-state index is -0.505. The highest BCUT2D eigenvalue weighted by atomic mass is 16.6. The SMILES string of the molecule is CCCc1c(C(=O)N/N=C(\CC)c2ccc(O)cc2)nnn1-c1nonc1N. The average molecular weight is 384 g/mol. The van der Waals surface area contributed by atoms with Gasteiger partial charge in [0, 0.05) is 0 Å². The van der Waals surface area contributed by atoms with Crippen molar-refractivity contribution in [1.29, 1.82) is 0 Å². The minimum Gasteiger partial charge on any atom is -0.508 e. The molecule has 3 rings (SSSR count). The van der Waals surface area contributed by atoms with Crippen molar-refractivity contribution >= 4 is 17.4 Å². The fraction of sp³-hybridized carbons (Fsp3) is 0.294. The number of hydrogen-bond acceptors (Lipinski definition) is 9. The number of phenols is 1. The van der Waals surface area contributed by atoms with Gasteiger partial charge < -0.3 is 10.8 Å². The summed E-state index contributed by atoms with van der Waals surface area (Å²) in [5.41, 5.74) is 10.3. The van der Waals surface area contributed by atoms with Crippen molar-refractivity contribution in [2.24, 2.45) is 5.10 Å². The maximum atomic E-state index is 12.6. The predicted molar refractivity (Wildman–Crippen MR) is 100 cm³/mol. The van der Waals surface area contributed by atoms with Gasteiger partial charge in [0.15, 0.2) is 5.69 Å². The Balaban J connectivity index is 1.87. The van der Waals surface area contributed by atoms with Crippen LogP contribution < -0.4 is 11.2 Å². The van der Waals surface area contributed by atoms with Gasteiger partial charge in [-0.2, -0.15) is 9.78 Å². The van der Waals surface area contributed by atoms with Crippen molar-refractivity contribution < 1.29 is 14.5 Å². The molecule has 0 radical (unpaired) electrons. The first-order valence-electron chi connectivity index (χ1n) is 8.74. The molecule has 11 heteroatoms. The van der Waals surface area contributed by atoms with E-state index in [1.165, 1.54) is 4.68 Å². The van der Waals surface area contributed by atoms with Gasteiger partial charge in [-0.1, -0.05) is 25.5 Å². The standard InChI is InChI=1S/C17H20N8O3/c1-3-5-13-14(20-24-25(13)16-15(18)22-28-23-16)17(27)21-19-12(4-2)10-6-8-11(26)9-7-10/h6-9,26H,3-5H2,1-2H3,(H2,18,22)(H,21,27)/b19-12+. The van der Waals surface area contributed by atoms with E-state index in [2.05, 4.69) is 35.8 Å². The van der Waals surface area contributed by atoms with Crippen LogP contribution in [-0.4, -0.2) is 42.0 Å². The number of hydrogen-bond donors (Lipinski definition) is 3. The Morgan fingerprint density at radius 1 is 1.29 bits per heavy atom. The fourth-order valence-electron chi connectivity index (χ4n) is 2.62. The molecular weight excluding hydrogens is 364 g/mol. The molecule has 0 atom stereocenters. The molecule has 0 saturated heterocycles. The molecule has 3 aromatic rings. The van der Waals surface area contributed by atoms with E-state index in [9.17, 15) is 9.90 Å². The Bertz CT molecular complexity index is 990. The maximum Gasteiger partial charge on any atom is 0.293 e. The highest BCUT2D eigenvalue weighted by molar-refractivity contribution is 6.02. The summed E-state index contributed by atoms with van der Waals surface area (Å²) in [7, 11) is 0. The zero-order valence-corrected chi connectivity index (χ0v) is 15.5. The molecular formula is C17H20N8O3. The molecule has 0 aliphatic rings. The van der Waals surface area contributed by atoms with E-state index >= 15 is 0 Å². The zero-order chi connectivity index (χ0) is 20.1. The first kappa shape index (κ1) is 19.0. The number of aromatic nitrogens is 5. The van der Waals surface area contributed by atoms with Gasteiger partial charge in [-0.05, 0) is 53.0 Å². The Labute approximate surface area is 160 Å². The van der Waals surface area contributed by atoms with Crippen LogP contribution in [0.5, 0.6) is 5.75 Å². The maximum absolute atomic E-state index is 12.6. The number of carbonyl (C=O) groups excluding carboxylic acids is 1. The molecule has 0 fully saturated rings. The number of amides is 1. The quantitative estimate of drug-likeness (QED) is 0.408. The molecule has 2 aromatic heterocycles. The van der Waals surface area contributed by atoms with Crippen LogP contribution in [0.2, 0.25) is 0 Å². The van der Waals surface area contributed by atoms with E-state index in [4.69, 9.17) is 5.73 Å². The number of aromatic hydroxyl groups is 1. The third kappa shape index (κ3) is 3.82. The second-order valence-corrected chi connectivity index (χ2v) is 5.92. The van der Waals surface area contributed by atoms with Gasteiger partial charge in [-0.3, -0.25) is 4.79 Å². The summed E-state index contributed by atoms with van der Waals surface area (Å²) in [5.74, 6) is -0.121. The highest BCUT2D eigenvalue weighted by Gasteiger charge is 2.23. The highest BCUT2D eigenvalue weighted by Crippen LogP contribution is 2.17. The first-order valence-corrected chi connectivity index (χ1v) is 8.74. The van der Waals surface area contributed by atoms with Crippen LogP contribution in [0.15, 0.2) is 34.0 Å². The van der Waals surface area contributed by atoms with Crippen molar-refractivity contribution in [2.45, 2.75) is 33.1 Å². The smallest absolute Gasteiger partial charge is 0.293 e. The molecule has 0 bridgehead atoms. The molecule has 0 saturated carbocycles. The number of carbonyl (C=O) groups is 1. The fourth-order valence-corrected chi connectivity index (χ4v) is 2.62. The number of nitrogens with zero attached hydrogens (tertiary/aromatic N) is 6. The van der Waals surface area contributed by atoms with Gasteiger partial charge in [0.2, 0.25) is 11.6 Å². The van der Waals surface area contributed by atoms with E-state index in [0.29, 0.717) is 24.2 Å². The van der Waals surface area contributed by atoms with Crippen LogP contribution in [0.25, 0.3) is 5.82 Å². The number of rotatable bonds is 7. The third-order valence-corrected chi connectivity index (χ3v) is 3.99. The van der Waals surface area contributed by atoms with E-state index < -0.39 is 5.91 Å². The Kier molecular flexibility index (Phi) is 5.63. The van der Waals surface area contributed by atoms with Gasteiger partial charge in [-0.25, -0.2) is 10.1 Å². The van der Waals surface area contributed by atoms with Gasteiger partial charge >= 0.3 is 0 Å². The topological polar surface area (TPSA) is 157 Å². The van der Waals surface area contributed by atoms with Crippen LogP contribution in [0, 0.1) is 0 Å². The van der Waals surface area contributed by atoms with Gasteiger partial charge in [0.25, 0.3) is 5.91 Å². The lowest BCUT2D eigenvalue weighted by molar-refractivity contribution is 0.0948. The summed E-state index contributed by atoms with van der Waals surface area (Å²) in [4.78, 5) is 12.6. The van der Waals surface area contributed by atoms with Gasteiger partial charge in [-0.15, -0.1) is 5.10 Å². The molecule has 0 unspecified atom stereocenters. The monoisotopic (exact) mass is 384 g/mol. The molecule has 1 aromatic carbocycles. The average Bonchev–Trinajstić information content (AvgIpc) is 3.29. The van der Waals surface area contributed by atoms with Crippen molar-refractivity contribution in [3.05, 3.63) is 41.2 Å². The zero-order valence-electron chi connectivity index (χ0n) is 15.5. The van der Waals surface area contributed by atoms with E-state index in [1.807, 2.05) is 13.8 Å². The largest absolute Gasteiger partial charge is 0.508 e. The normalized spacial score (nSPS) is 11.6. The lowest BCUT2D eigenvalue weighted by Crippen LogP contribution is -2.22. The molecule has 2 heterocycles. The number of hydrazone groups is 1. The van der Waals surface area contributed by atoms with Crippen molar-refractivity contribution in [2.75, 3.05) is 5.73 Å². The Morgan fingerprint density at radius 3 is 2.64 bits per heavy atom.